The van der Waals surface area contributed by atoms with E-state index in [1.54, 1.807) is 0 Å². The summed E-state index contributed by atoms with van der Waals surface area (Å²) in [7, 11) is 0. The second-order valence-corrected chi connectivity index (χ2v) is 3.75. The van der Waals surface area contributed by atoms with E-state index in [9.17, 15) is 22.8 Å². The van der Waals surface area contributed by atoms with E-state index in [1.807, 2.05) is 5.32 Å². The molecule has 0 aromatic heterocycles. The molecule has 0 radical (unpaired) electrons. The second kappa shape index (κ2) is 6.24. The number of hydrogen-bond acceptors (Lipinski definition) is 3. The first-order chi connectivity index (χ1) is 9.24. The van der Waals surface area contributed by atoms with Crippen LogP contribution in [0.2, 0.25) is 0 Å². The zero-order chi connectivity index (χ0) is 15.3. The summed E-state index contributed by atoms with van der Waals surface area (Å²) >= 11 is 0. The van der Waals surface area contributed by atoms with Gasteiger partial charge in [0.2, 0.25) is 0 Å². The van der Waals surface area contributed by atoms with Crippen LogP contribution in [0.5, 0.6) is 0 Å². The molecular weight excluding hydrogens is 281 g/mol. The molecule has 0 saturated carbocycles. The lowest BCUT2D eigenvalue weighted by molar-refractivity contribution is -0.140. The normalized spacial score (nSPS) is 12.6. The Kier molecular flexibility index (Phi) is 4.92. The Bertz CT molecular complexity index is 487. The maximum absolute atomic E-state index is 12.3. The number of alkyl halides is 3. The average molecular weight is 292 g/mol. The Balaban J connectivity index is 2.65. The standard InChI is InChI=1S/C11H11F3N2O4/c12-11(13,14)6-1-3-7(4-2-6)15-10(20)16-8(5-17)9(18)19/h1-4,8,17H,5H2,(H,18,19)(H2,15,16,20)/t8-/m1/s1. The van der Waals surface area contributed by atoms with E-state index in [0.717, 1.165) is 24.3 Å². The first kappa shape index (κ1) is 15.8. The van der Waals surface area contributed by atoms with Gasteiger partial charge in [-0.05, 0) is 24.3 Å². The maximum atomic E-state index is 12.3. The fourth-order valence-corrected chi connectivity index (χ4v) is 1.25. The van der Waals surface area contributed by atoms with Crippen molar-refractivity contribution in [2.24, 2.45) is 0 Å². The monoisotopic (exact) mass is 292 g/mol. The Morgan fingerprint density at radius 1 is 1.20 bits per heavy atom. The van der Waals surface area contributed by atoms with Gasteiger partial charge in [-0.2, -0.15) is 13.2 Å². The maximum Gasteiger partial charge on any atom is 0.416 e. The zero-order valence-corrected chi connectivity index (χ0v) is 9.94. The molecule has 0 fully saturated rings. The van der Waals surface area contributed by atoms with Gasteiger partial charge in [-0.1, -0.05) is 0 Å². The van der Waals surface area contributed by atoms with E-state index < -0.39 is 36.4 Å². The van der Waals surface area contributed by atoms with Gasteiger partial charge in [0.15, 0.2) is 6.04 Å². The highest BCUT2D eigenvalue weighted by atomic mass is 19.4. The number of aliphatic hydroxyl groups is 1. The summed E-state index contributed by atoms with van der Waals surface area (Å²) in [5.74, 6) is -1.44. The molecule has 20 heavy (non-hydrogen) atoms. The highest BCUT2D eigenvalue weighted by molar-refractivity contribution is 5.92. The van der Waals surface area contributed by atoms with E-state index in [1.165, 1.54) is 0 Å². The van der Waals surface area contributed by atoms with Gasteiger partial charge < -0.3 is 20.8 Å². The van der Waals surface area contributed by atoms with Gasteiger partial charge >= 0.3 is 18.2 Å². The van der Waals surface area contributed by atoms with Crippen molar-refractivity contribution < 1.29 is 33.0 Å². The molecule has 0 aliphatic carbocycles. The van der Waals surface area contributed by atoms with Crippen molar-refractivity contribution in [2.75, 3.05) is 11.9 Å². The molecule has 1 aromatic rings. The van der Waals surface area contributed by atoms with E-state index >= 15 is 0 Å². The number of aliphatic carboxylic acids is 1. The van der Waals surface area contributed by atoms with Crippen LogP contribution in [0.25, 0.3) is 0 Å². The lowest BCUT2D eigenvalue weighted by Crippen LogP contribution is -2.45. The summed E-state index contributed by atoms with van der Waals surface area (Å²) in [4.78, 5) is 21.9. The molecule has 0 saturated heterocycles. The number of amides is 2. The van der Waals surface area contributed by atoms with Crippen LogP contribution in [0.4, 0.5) is 23.7 Å². The number of halogens is 3. The SMILES string of the molecule is O=C(Nc1ccc(C(F)(F)F)cc1)N[C@H](CO)C(=O)O. The van der Waals surface area contributed by atoms with Crippen molar-refractivity contribution in [3.05, 3.63) is 29.8 Å². The van der Waals surface area contributed by atoms with Gasteiger partial charge in [-0.3, -0.25) is 0 Å². The highest BCUT2D eigenvalue weighted by Crippen LogP contribution is 2.29. The van der Waals surface area contributed by atoms with Crippen LogP contribution < -0.4 is 10.6 Å². The lowest BCUT2D eigenvalue weighted by Gasteiger charge is -2.13. The van der Waals surface area contributed by atoms with E-state index in [0.29, 0.717) is 0 Å². The van der Waals surface area contributed by atoms with Gasteiger partial charge in [0.1, 0.15) is 0 Å². The van der Waals surface area contributed by atoms with Crippen LogP contribution in [0.3, 0.4) is 0 Å². The molecule has 0 aliphatic heterocycles. The van der Waals surface area contributed by atoms with Gasteiger partial charge in [-0.15, -0.1) is 0 Å². The number of anilines is 1. The molecule has 1 aromatic carbocycles. The van der Waals surface area contributed by atoms with Crippen LogP contribution in [0, 0.1) is 0 Å². The van der Waals surface area contributed by atoms with Crippen LogP contribution in [0.15, 0.2) is 24.3 Å². The second-order valence-electron chi connectivity index (χ2n) is 3.75. The van der Waals surface area contributed by atoms with Gasteiger partial charge in [0, 0.05) is 5.69 Å². The minimum atomic E-state index is -4.48. The summed E-state index contributed by atoms with van der Waals surface area (Å²) in [6, 6.07) is 1.15. The third-order valence-electron chi connectivity index (χ3n) is 2.26. The molecule has 6 nitrogen and oxygen atoms in total. The Morgan fingerprint density at radius 3 is 2.15 bits per heavy atom. The summed E-state index contributed by atoms with van der Waals surface area (Å²) in [6.45, 7) is -0.810. The number of carboxylic acid groups (broad SMARTS) is 1. The molecule has 0 unspecified atom stereocenters. The molecule has 9 heteroatoms. The first-order valence-corrected chi connectivity index (χ1v) is 5.32. The van der Waals surface area contributed by atoms with E-state index in [2.05, 4.69) is 5.32 Å². The topological polar surface area (TPSA) is 98.7 Å². The van der Waals surface area contributed by atoms with Crippen LogP contribution in [0.1, 0.15) is 5.56 Å². The number of nitrogens with one attached hydrogen (secondary N) is 2. The zero-order valence-electron chi connectivity index (χ0n) is 9.94. The number of carbonyl (C=O) groups excluding carboxylic acids is 1. The largest absolute Gasteiger partial charge is 0.480 e. The first-order valence-electron chi connectivity index (χ1n) is 5.32. The number of rotatable bonds is 4. The molecule has 0 bridgehead atoms. The molecular formula is C11H11F3N2O4. The van der Waals surface area contributed by atoms with E-state index in [4.69, 9.17) is 10.2 Å². The smallest absolute Gasteiger partial charge is 0.416 e. The number of carbonyl (C=O) groups is 2. The number of carboxylic acids is 1. The molecule has 0 spiro atoms. The predicted octanol–water partition coefficient (Wildman–Crippen LogP) is 1.27. The van der Waals surface area contributed by atoms with Crippen molar-refractivity contribution in [2.45, 2.75) is 12.2 Å². The Hall–Kier alpha value is -2.29. The van der Waals surface area contributed by atoms with Crippen LogP contribution in [-0.2, 0) is 11.0 Å². The highest BCUT2D eigenvalue weighted by Gasteiger charge is 2.30. The number of urea groups is 1. The quantitative estimate of drug-likeness (QED) is 0.671. The Labute approximate surface area is 111 Å². The van der Waals surface area contributed by atoms with Crippen molar-refractivity contribution in [3.8, 4) is 0 Å². The number of aliphatic hydroxyl groups excluding tert-OH is 1. The minimum Gasteiger partial charge on any atom is -0.480 e. The molecule has 4 N–H and O–H groups in total. The van der Waals surface area contributed by atoms with Crippen LogP contribution >= 0.6 is 0 Å². The van der Waals surface area contributed by atoms with Crippen LogP contribution in [-0.4, -0.2) is 34.9 Å². The molecule has 1 atom stereocenters. The molecule has 110 valence electrons. The fourth-order valence-electron chi connectivity index (χ4n) is 1.25. The third-order valence-corrected chi connectivity index (χ3v) is 2.26. The minimum absolute atomic E-state index is 0.0533. The molecule has 0 heterocycles. The molecule has 1 rings (SSSR count). The summed E-state index contributed by atoms with van der Waals surface area (Å²) in [5, 5.41) is 21.4. The number of hydrogen-bond donors (Lipinski definition) is 4. The fraction of sp³-hybridized carbons (Fsp3) is 0.273. The number of benzene rings is 1. The molecule has 0 aliphatic rings. The Morgan fingerprint density at radius 2 is 1.75 bits per heavy atom. The van der Waals surface area contributed by atoms with Crippen molar-refractivity contribution in [1.29, 1.82) is 0 Å². The van der Waals surface area contributed by atoms with Gasteiger partial charge in [0.05, 0.1) is 12.2 Å². The van der Waals surface area contributed by atoms with Gasteiger partial charge in [0.25, 0.3) is 0 Å². The molecule has 2 amide bonds. The van der Waals surface area contributed by atoms with E-state index in [-0.39, 0.29) is 5.69 Å². The van der Waals surface area contributed by atoms with Crippen molar-refractivity contribution >= 4 is 17.7 Å². The van der Waals surface area contributed by atoms with Gasteiger partial charge in [-0.25, -0.2) is 9.59 Å². The van der Waals surface area contributed by atoms with Crippen molar-refractivity contribution in [3.63, 3.8) is 0 Å². The lowest BCUT2D eigenvalue weighted by atomic mass is 10.2. The predicted molar refractivity (Wildman–Crippen MR) is 62.1 cm³/mol. The summed E-state index contributed by atoms with van der Waals surface area (Å²) in [5.41, 5.74) is -0.820. The average Bonchev–Trinajstić information content (AvgIpc) is 2.35. The summed E-state index contributed by atoms with van der Waals surface area (Å²) in [6.07, 6.45) is -4.48. The third kappa shape index (κ3) is 4.43. The van der Waals surface area contributed by atoms with Crippen molar-refractivity contribution in [1.82, 2.24) is 5.32 Å². The summed E-state index contributed by atoms with van der Waals surface area (Å²) < 4.78 is 36.9.